The standard InChI is InChI=1S/C13H8BrClO2S/c14-9-3-4-11(15)8(6-9)7-10(13(16)17)12-2-1-5-18-12/h1-7H,(H,16,17)/b10-7+. The Hall–Kier alpha value is -1.10. The van der Waals surface area contributed by atoms with Crippen molar-refractivity contribution in [3.8, 4) is 0 Å². The van der Waals surface area contributed by atoms with Gasteiger partial charge in [-0.1, -0.05) is 33.6 Å². The summed E-state index contributed by atoms with van der Waals surface area (Å²) in [5, 5.41) is 11.6. The lowest BCUT2D eigenvalue weighted by atomic mass is 10.1. The lowest BCUT2D eigenvalue weighted by molar-refractivity contribution is -0.130. The second-order valence-electron chi connectivity index (χ2n) is 3.51. The molecule has 0 spiro atoms. The van der Waals surface area contributed by atoms with Gasteiger partial charge in [-0.3, -0.25) is 0 Å². The molecule has 0 bridgehead atoms. The maximum Gasteiger partial charge on any atom is 0.337 e. The van der Waals surface area contributed by atoms with Crippen LogP contribution in [-0.4, -0.2) is 11.1 Å². The van der Waals surface area contributed by atoms with Gasteiger partial charge in [0.1, 0.15) is 0 Å². The van der Waals surface area contributed by atoms with E-state index in [0.717, 1.165) is 4.47 Å². The molecule has 1 aromatic heterocycles. The van der Waals surface area contributed by atoms with E-state index >= 15 is 0 Å². The average Bonchev–Trinajstić information content (AvgIpc) is 2.83. The van der Waals surface area contributed by atoms with E-state index in [-0.39, 0.29) is 5.57 Å². The normalized spacial score (nSPS) is 11.6. The van der Waals surface area contributed by atoms with Crippen LogP contribution in [0.2, 0.25) is 5.02 Å². The highest BCUT2D eigenvalue weighted by Crippen LogP contribution is 2.28. The fourth-order valence-corrected chi connectivity index (χ4v) is 2.74. The van der Waals surface area contributed by atoms with Crippen LogP contribution in [0.15, 0.2) is 40.2 Å². The highest BCUT2D eigenvalue weighted by Gasteiger charge is 2.12. The second kappa shape index (κ2) is 5.69. The van der Waals surface area contributed by atoms with Gasteiger partial charge in [0.2, 0.25) is 0 Å². The molecule has 1 aromatic carbocycles. The lowest BCUT2D eigenvalue weighted by Gasteiger charge is -2.02. The first-order valence-electron chi connectivity index (χ1n) is 5.02. The monoisotopic (exact) mass is 342 g/mol. The SMILES string of the molecule is O=C(O)/C(=C/c1cc(Br)ccc1Cl)c1cccs1. The Bertz CT molecular complexity index is 605. The van der Waals surface area contributed by atoms with Crippen molar-refractivity contribution in [1.82, 2.24) is 0 Å². The Balaban J connectivity index is 2.52. The third-order valence-corrected chi connectivity index (χ3v) is 4.02. The quantitative estimate of drug-likeness (QED) is 0.814. The lowest BCUT2D eigenvalue weighted by Crippen LogP contribution is -1.97. The highest BCUT2D eigenvalue weighted by atomic mass is 79.9. The molecular formula is C13H8BrClO2S. The van der Waals surface area contributed by atoms with Crippen molar-refractivity contribution < 1.29 is 9.90 Å². The molecule has 0 radical (unpaired) electrons. The molecule has 18 heavy (non-hydrogen) atoms. The molecule has 0 aliphatic rings. The molecule has 0 aliphatic heterocycles. The first-order chi connectivity index (χ1) is 8.58. The van der Waals surface area contributed by atoms with Crippen LogP contribution in [0.3, 0.4) is 0 Å². The van der Waals surface area contributed by atoms with Crippen LogP contribution in [0.25, 0.3) is 11.6 Å². The van der Waals surface area contributed by atoms with Crippen molar-refractivity contribution in [3.63, 3.8) is 0 Å². The summed E-state index contributed by atoms with van der Waals surface area (Å²) in [6.07, 6.45) is 1.58. The van der Waals surface area contributed by atoms with E-state index < -0.39 is 5.97 Å². The number of hydrogen-bond donors (Lipinski definition) is 1. The molecule has 0 unspecified atom stereocenters. The smallest absolute Gasteiger partial charge is 0.337 e. The third kappa shape index (κ3) is 3.02. The molecule has 0 amide bonds. The van der Waals surface area contributed by atoms with Gasteiger partial charge in [0, 0.05) is 14.4 Å². The Morgan fingerprint density at radius 1 is 1.39 bits per heavy atom. The predicted octanol–water partition coefficient (Wildman–Crippen LogP) is 4.79. The molecule has 92 valence electrons. The molecule has 5 heteroatoms. The molecule has 1 N–H and O–H groups in total. The van der Waals surface area contributed by atoms with Crippen LogP contribution in [-0.2, 0) is 4.79 Å². The van der Waals surface area contributed by atoms with Crippen molar-refractivity contribution in [2.75, 3.05) is 0 Å². The van der Waals surface area contributed by atoms with Gasteiger partial charge in [0.15, 0.2) is 0 Å². The summed E-state index contributed by atoms with van der Waals surface area (Å²) < 4.78 is 0.856. The summed E-state index contributed by atoms with van der Waals surface area (Å²) in [4.78, 5) is 12.0. The predicted molar refractivity (Wildman–Crippen MR) is 79.0 cm³/mol. The zero-order chi connectivity index (χ0) is 13.1. The molecule has 0 saturated carbocycles. The van der Waals surface area contributed by atoms with Crippen molar-refractivity contribution in [3.05, 3.63) is 55.6 Å². The summed E-state index contributed by atoms with van der Waals surface area (Å²) in [6.45, 7) is 0. The van der Waals surface area contributed by atoms with Crippen molar-refractivity contribution in [1.29, 1.82) is 0 Å². The van der Waals surface area contributed by atoms with E-state index in [1.54, 1.807) is 24.3 Å². The number of rotatable bonds is 3. The van der Waals surface area contributed by atoms with Crippen molar-refractivity contribution in [2.24, 2.45) is 0 Å². The fourth-order valence-electron chi connectivity index (χ4n) is 1.45. The Morgan fingerprint density at radius 3 is 2.78 bits per heavy atom. The van der Waals surface area contributed by atoms with Crippen LogP contribution < -0.4 is 0 Å². The summed E-state index contributed by atoms with van der Waals surface area (Å²) in [5.41, 5.74) is 0.918. The van der Waals surface area contributed by atoms with E-state index in [0.29, 0.717) is 15.5 Å². The summed E-state index contributed by atoms with van der Waals surface area (Å²) in [6, 6.07) is 8.92. The van der Waals surface area contributed by atoms with Gasteiger partial charge in [0.25, 0.3) is 0 Å². The summed E-state index contributed by atoms with van der Waals surface area (Å²) in [7, 11) is 0. The van der Waals surface area contributed by atoms with Gasteiger partial charge in [-0.05, 0) is 41.3 Å². The topological polar surface area (TPSA) is 37.3 Å². The molecule has 2 rings (SSSR count). The second-order valence-corrected chi connectivity index (χ2v) is 5.78. The minimum Gasteiger partial charge on any atom is -0.478 e. The Labute approximate surface area is 122 Å². The van der Waals surface area contributed by atoms with E-state index in [1.165, 1.54) is 11.3 Å². The zero-order valence-corrected chi connectivity index (χ0v) is 12.2. The minimum atomic E-state index is -0.964. The van der Waals surface area contributed by atoms with Gasteiger partial charge >= 0.3 is 5.97 Å². The molecular weight excluding hydrogens is 336 g/mol. The number of hydrogen-bond acceptors (Lipinski definition) is 2. The minimum absolute atomic E-state index is 0.241. The summed E-state index contributed by atoms with van der Waals surface area (Å²) >= 11 is 10.8. The molecule has 0 fully saturated rings. The van der Waals surface area contributed by atoms with E-state index in [2.05, 4.69) is 15.9 Å². The molecule has 2 nitrogen and oxygen atoms in total. The number of aliphatic carboxylic acids is 1. The van der Waals surface area contributed by atoms with Gasteiger partial charge < -0.3 is 5.11 Å². The van der Waals surface area contributed by atoms with Crippen LogP contribution in [0, 0.1) is 0 Å². The third-order valence-electron chi connectivity index (χ3n) is 2.27. The zero-order valence-electron chi connectivity index (χ0n) is 9.06. The number of carbonyl (C=O) groups is 1. The van der Waals surface area contributed by atoms with Crippen LogP contribution in [0.4, 0.5) is 0 Å². The van der Waals surface area contributed by atoms with E-state index in [4.69, 9.17) is 11.6 Å². The Kier molecular flexibility index (Phi) is 4.22. The van der Waals surface area contributed by atoms with Gasteiger partial charge in [0.05, 0.1) is 5.57 Å². The first kappa shape index (κ1) is 13.3. The molecule has 0 aliphatic carbocycles. The summed E-state index contributed by atoms with van der Waals surface area (Å²) in [5.74, 6) is -0.964. The van der Waals surface area contributed by atoms with Crippen molar-refractivity contribution in [2.45, 2.75) is 0 Å². The van der Waals surface area contributed by atoms with Crippen LogP contribution >= 0.6 is 38.9 Å². The van der Waals surface area contributed by atoms with Crippen LogP contribution in [0.5, 0.6) is 0 Å². The first-order valence-corrected chi connectivity index (χ1v) is 7.07. The van der Waals surface area contributed by atoms with Crippen molar-refractivity contribution >= 4 is 56.5 Å². The number of thiophene rings is 1. The van der Waals surface area contributed by atoms with Gasteiger partial charge in [-0.15, -0.1) is 11.3 Å². The maximum absolute atomic E-state index is 11.3. The number of carboxylic acids is 1. The molecule has 1 heterocycles. The largest absolute Gasteiger partial charge is 0.478 e. The van der Waals surface area contributed by atoms with Crippen LogP contribution in [0.1, 0.15) is 10.4 Å². The number of halogens is 2. The van der Waals surface area contributed by atoms with Gasteiger partial charge in [-0.25, -0.2) is 4.79 Å². The van der Waals surface area contributed by atoms with E-state index in [1.807, 2.05) is 17.5 Å². The number of carboxylic acid groups (broad SMARTS) is 1. The number of benzene rings is 1. The molecule has 2 aromatic rings. The van der Waals surface area contributed by atoms with Gasteiger partial charge in [-0.2, -0.15) is 0 Å². The van der Waals surface area contributed by atoms with E-state index in [9.17, 15) is 9.90 Å². The fraction of sp³-hybridized carbons (Fsp3) is 0. The molecule has 0 atom stereocenters. The molecule has 0 saturated heterocycles. The average molecular weight is 344 g/mol. The maximum atomic E-state index is 11.3. The Morgan fingerprint density at radius 2 is 2.17 bits per heavy atom. The highest BCUT2D eigenvalue weighted by molar-refractivity contribution is 9.10.